The van der Waals surface area contributed by atoms with E-state index in [2.05, 4.69) is 20.7 Å². The lowest BCUT2D eigenvalue weighted by Crippen LogP contribution is -2.00. The number of rotatable bonds is 5. The van der Waals surface area contributed by atoms with Crippen LogP contribution in [0.1, 0.15) is 19.3 Å². The molecule has 0 aromatic carbocycles. The second-order valence-electron chi connectivity index (χ2n) is 2.32. The molecule has 12 heavy (non-hydrogen) atoms. The molecule has 4 heteroatoms. The van der Waals surface area contributed by atoms with E-state index in [0.29, 0.717) is 19.3 Å². The number of esters is 1. The Kier molecular flexibility index (Phi) is 7.09. The highest BCUT2D eigenvalue weighted by molar-refractivity contribution is 9.11. The van der Waals surface area contributed by atoms with Crippen LogP contribution in [0.15, 0.2) is 10.6 Å². The molecule has 0 aliphatic rings. The third-order valence-electron chi connectivity index (χ3n) is 1.47. The van der Waals surface area contributed by atoms with Crippen LogP contribution >= 0.6 is 15.9 Å². The SMILES string of the molecule is COC(=O)CC/C(=C\Br)CCO. The van der Waals surface area contributed by atoms with Gasteiger partial charge in [0.2, 0.25) is 0 Å². The first-order valence-electron chi connectivity index (χ1n) is 3.70. The van der Waals surface area contributed by atoms with E-state index in [1.54, 1.807) is 4.99 Å². The summed E-state index contributed by atoms with van der Waals surface area (Å²) in [5.74, 6) is -0.222. The van der Waals surface area contributed by atoms with Gasteiger partial charge in [-0.1, -0.05) is 21.5 Å². The Morgan fingerprint density at radius 2 is 2.17 bits per heavy atom. The van der Waals surface area contributed by atoms with Crippen LogP contribution in [0, 0.1) is 0 Å². The molecule has 70 valence electrons. The molecule has 0 aliphatic heterocycles. The van der Waals surface area contributed by atoms with Gasteiger partial charge in [0.15, 0.2) is 0 Å². The highest BCUT2D eigenvalue weighted by atomic mass is 79.9. The van der Waals surface area contributed by atoms with Crippen molar-refractivity contribution in [1.29, 1.82) is 0 Å². The number of aliphatic hydroxyl groups excluding tert-OH is 1. The zero-order valence-corrected chi connectivity index (χ0v) is 8.63. The van der Waals surface area contributed by atoms with Crippen LogP contribution in [0.4, 0.5) is 0 Å². The topological polar surface area (TPSA) is 46.5 Å². The molecule has 0 spiro atoms. The first kappa shape index (κ1) is 11.6. The summed E-state index contributed by atoms with van der Waals surface area (Å²) in [6.45, 7) is 0.110. The summed E-state index contributed by atoms with van der Waals surface area (Å²) in [6.07, 6.45) is 1.61. The van der Waals surface area contributed by atoms with Crippen molar-refractivity contribution in [2.45, 2.75) is 19.3 Å². The van der Waals surface area contributed by atoms with Crippen molar-refractivity contribution in [3.05, 3.63) is 10.6 Å². The molecule has 0 aromatic rings. The van der Waals surface area contributed by atoms with Gasteiger partial charge in [-0.05, 0) is 17.8 Å². The Bertz CT molecular complexity index is 166. The summed E-state index contributed by atoms with van der Waals surface area (Å²) in [6, 6.07) is 0. The van der Waals surface area contributed by atoms with Crippen molar-refractivity contribution in [3.8, 4) is 0 Å². The van der Waals surface area contributed by atoms with Crippen LogP contribution in [0.2, 0.25) is 0 Å². The zero-order valence-electron chi connectivity index (χ0n) is 7.05. The minimum absolute atomic E-state index is 0.110. The molecule has 0 saturated heterocycles. The monoisotopic (exact) mass is 236 g/mol. The van der Waals surface area contributed by atoms with Gasteiger partial charge in [-0.25, -0.2) is 0 Å². The van der Waals surface area contributed by atoms with Gasteiger partial charge < -0.3 is 9.84 Å². The van der Waals surface area contributed by atoms with Crippen LogP contribution in [-0.4, -0.2) is 24.8 Å². The van der Waals surface area contributed by atoms with Gasteiger partial charge in [0, 0.05) is 13.0 Å². The molecule has 0 bridgehead atoms. The molecule has 0 atom stereocenters. The Balaban J connectivity index is 3.66. The summed E-state index contributed by atoms with van der Waals surface area (Å²) in [7, 11) is 1.37. The molecule has 0 amide bonds. The Labute approximate surface area is 80.5 Å². The molecular formula is C8H13BrO3. The number of methoxy groups -OCH3 is 1. The smallest absolute Gasteiger partial charge is 0.305 e. The van der Waals surface area contributed by atoms with Crippen molar-refractivity contribution in [2.24, 2.45) is 0 Å². The van der Waals surface area contributed by atoms with Crippen molar-refractivity contribution < 1.29 is 14.6 Å². The molecule has 0 fully saturated rings. The van der Waals surface area contributed by atoms with E-state index in [1.807, 2.05) is 0 Å². The predicted octanol–water partition coefficient (Wildman–Crippen LogP) is 1.60. The van der Waals surface area contributed by atoms with E-state index >= 15 is 0 Å². The number of hydrogen-bond donors (Lipinski definition) is 1. The fourth-order valence-electron chi connectivity index (χ4n) is 0.742. The number of carbonyl (C=O) groups excluding carboxylic acids is 1. The first-order valence-corrected chi connectivity index (χ1v) is 4.62. The lowest BCUT2D eigenvalue weighted by atomic mass is 10.1. The van der Waals surface area contributed by atoms with Gasteiger partial charge in [0.1, 0.15) is 0 Å². The molecule has 0 radical (unpaired) electrons. The largest absolute Gasteiger partial charge is 0.469 e. The van der Waals surface area contributed by atoms with Crippen molar-refractivity contribution in [1.82, 2.24) is 0 Å². The van der Waals surface area contributed by atoms with Gasteiger partial charge in [-0.15, -0.1) is 0 Å². The first-order chi connectivity index (χ1) is 5.74. The Morgan fingerprint density at radius 3 is 2.58 bits per heavy atom. The van der Waals surface area contributed by atoms with Gasteiger partial charge in [-0.2, -0.15) is 0 Å². The third-order valence-corrected chi connectivity index (χ3v) is 2.11. The quantitative estimate of drug-likeness (QED) is 0.738. The Hall–Kier alpha value is -0.350. The van der Waals surface area contributed by atoms with Crippen molar-refractivity contribution in [3.63, 3.8) is 0 Å². The molecule has 0 unspecified atom stereocenters. The number of hydrogen-bond acceptors (Lipinski definition) is 3. The average Bonchev–Trinajstić information content (AvgIpc) is 2.11. The number of ether oxygens (including phenoxy) is 1. The molecule has 1 N–H and O–H groups in total. The lowest BCUT2D eigenvalue weighted by molar-refractivity contribution is -0.140. The maximum Gasteiger partial charge on any atom is 0.305 e. The molecule has 0 saturated carbocycles. The molecule has 0 aromatic heterocycles. The lowest BCUT2D eigenvalue weighted by Gasteiger charge is -2.02. The standard InChI is InChI=1S/C8H13BrO3/c1-12-8(11)3-2-7(6-9)4-5-10/h6,10H,2-5H2,1H3/b7-6+. The summed E-state index contributed by atoms with van der Waals surface area (Å²) in [4.78, 5) is 12.5. The predicted molar refractivity (Wildman–Crippen MR) is 50.0 cm³/mol. The third kappa shape index (κ3) is 5.32. The van der Waals surface area contributed by atoms with Crippen molar-refractivity contribution >= 4 is 21.9 Å². The van der Waals surface area contributed by atoms with E-state index in [9.17, 15) is 4.79 Å². The van der Waals surface area contributed by atoms with E-state index in [-0.39, 0.29) is 12.6 Å². The molecule has 0 aliphatic carbocycles. The molecular weight excluding hydrogens is 224 g/mol. The fourth-order valence-corrected chi connectivity index (χ4v) is 1.20. The maximum atomic E-state index is 10.7. The molecule has 0 heterocycles. The van der Waals surface area contributed by atoms with Gasteiger partial charge in [0.05, 0.1) is 7.11 Å². The van der Waals surface area contributed by atoms with Gasteiger partial charge in [-0.3, -0.25) is 4.79 Å². The number of carbonyl (C=O) groups is 1. The summed E-state index contributed by atoms with van der Waals surface area (Å²) >= 11 is 3.16. The van der Waals surface area contributed by atoms with Crippen LogP contribution in [0.3, 0.4) is 0 Å². The Morgan fingerprint density at radius 1 is 1.50 bits per heavy atom. The van der Waals surface area contributed by atoms with E-state index < -0.39 is 0 Å². The summed E-state index contributed by atoms with van der Waals surface area (Å²) in [5.41, 5.74) is 1.02. The van der Waals surface area contributed by atoms with Gasteiger partial charge >= 0.3 is 5.97 Å². The van der Waals surface area contributed by atoms with Gasteiger partial charge in [0.25, 0.3) is 0 Å². The van der Waals surface area contributed by atoms with E-state index in [1.165, 1.54) is 7.11 Å². The maximum absolute atomic E-state index is 10.7. The fraction of sp³-hybridized carbons (Fsp3) is 0.625. The highest BCUT2D eigenvalue weighted by Crippen LogP contribution is 2.11. The minimum atomic E-state index is -0.222. The van der Waals surface area contributed by atoms with Crippen molar-refractivity contribution in [2.75, 3.05) is 13.7 Å². The number of aliphatic hydroxyl groups is 1. The number of halogens is 1. The zero-order chi connectivity index (χ0) is 9.40. The summed E-state index contributed by atoms with van der Waals surface area (Å²) < 4.78 is 4.48. The van der Waals surface area contributed by atoms with Crippen LogP contribution in [0.25, 0.3) is 0 Å². The summed E-state index contributed by atoms with van der Waals surface area (Å²) in [5, 5.41) is 8.61. The second-order valence-corrected chi connectivity index (χ2v) is 2.77. The molecule has 3 nitrogen and oxygen atoms in total. The highest BCUT2D eigenvalue weighted by Gasteiger charge is 2.02. The van der Waals surface area contributed by atoms with Crippen LogP contribution in [-0.2, 0) is 9.53 Å². The van der Waals surface area contributed by atoms with E-state index in [4.69, 9.17) is 5.11 Å². The van der Waals surface area contributed by atoms with E-state index in [0.717, 1.165) is 5.57 Å². The second kappa shape index (κ2) is 7.31. The normalized spacial score (nSPS) is 11.4. The minimum Gasteiger partial charge on any atom is -0.469 e. The average molecular weight is 237 g/mol. The van der Waals surface area contributed by atoms with Crippen LogP contribution in [0.5, 0.6) is 0 Å². The van der Waals surface area contributed by atoms with Crippen LogP contribution < -0.4 is 0 Å². The molecule has 0 rings (SSSR count).